The van der Waals surface area contributed by atoms with Crippen LogP contribution in [0, 0.1) is 5.82 Å². The van der Waals surface area contributed by atoms with Crippen LogP contribution in [0.25, 0.3) is 0 Å². The van der Waals surface area contributed by atoms with Gasteiger partial charge in [0.2, 0.25) is 0 Å². The van der Waals surface area contributed by atoms with Crippen molar-refractivity contribution < 1.29 is 4.39 Å². The van der Waals surface area contributed by atoms with Gasteiger partial charge in [-0.1, -0.05) is 6.07 Å². The van der Waals surface area contributed by atoms with Crippen LogP contribution in [0.15, 0.2) is 18.2 Å². The first-order valence-electron chi connectivity index (χ1n) is 9.31. The summed E-state index contributed by atoms with van der Waals surface area (Å²) in [4.78, 5) is 2.33. The number of nitrogens with one attached hydrogen (secondary N) is 2. The summed E-state index contributed by atoms with van der Waals surface area (Å²) in [5.41, 5.74) is 2.11. The summed E-state index contributed by atoms with van der Waals surface area (Å²) >= 11 is 0. The van der Waals surface area contributed by atoms with E-state index in [2.05, 4.69) is 49.3 Å². The molecule has 0 atom stereocenters. The number of nitrogens with zero attached hydrogens (tertiary/aromatic N) is 1. The van der Waals surface area contributed by atoms with Gasteiger partial charge in [-0.15, -0.1) is 0 Å². The van der Waals surface area contributed by atoms with Crippen LogP contribution >= 0.6 is 0 Å². The van der Waals surface area contributed by atoms with E-state index in [1.54, 1.807) is 6.07 Å². The molecule has 0 aromatic heterocycles. The summed E-state index contributed by atoms with van der Waals surface area (Å²) in [6.45, 7) is 11.7. The molecule has 2 saturated heterocycles. The Labute approximate surface area is 146 Å². The maximum Gasteiger partial charge on any atom is 0.129 e. The zero-order chi connectivity index (χ0) is 17.4. The number of rotatable bonds is 4. The summed E-state index contributed by atoms with van der Waals surface area (Å²) in [5.74, 6) is -0.0839. The van der Waals surface area contributed by atoms with Gasteiger partial charge in [-0.2, -0.15) is 0 Å². The zero-order valence-corrected chi connectivity index (χ0v) is 15.6. The fourth-order valence-electron chi connectivity index (χ4n) is 4.69. The molecule has 2 aliphatic rings. The second-order valence-corrected chi connectivity index (χ2v) is 8.81. The number of benzene rings is 1. The lowest BCUT2D eigenvalue weighted by atomic mass is 9.79. The van der Waals surface area contributed by atoms with Crippen LogP contribution in [0.5, 0.6) is 0 Å². The molecule has 0 spiro atoms. The number of hydrogen-bond donors (Lipinski definition) is 2. The molecule has 0 saturated carbocycles. The Morgan fingerprint density at radius 2 is 1.75 bits per heavy atom. The van der Waals surface area contributed by atoms with E-state index < -0.39 is 0 Å². The van der Waals surface area contributed by atoms with Crippen LogP contribution in [-0.4, -0.2) is 30.2 Å². The van der Waals surface area contributed by atoms with Gasteiger partial charge >= 0.3 is 0 Å². The number of anilines is 1. The van der Waals surface area contributed by atoms with Gasteiger partial charge in [0.15, 0.2) is 0 Å². The average molecular weight is 333 g/mol. The van der Waals surface area contributed by atoms with Gasteiger partial charge in [0, 0.05) is 48.0 Å². The average Bonchev–Trinajstić information content (AvgIpc) is 2.96. The van der Waals surface area contributed by atoms with Gasteiger partial charge in [-0.25, -0.2) is 4.39 Å². The van der Waals surface area contributed by atoms with E-state index in [0.29, 0.717) is 12.6 Å². The largest absolute Gasteiger partial charge is 0.371 e. The Balaban J connectivity index is 1.72. The van der Waals surface area contributed by atoms with E-state index in [4.69, 9.17) is 0 Å². The summed E-state index contributed by atoms with van der Waals surface area (Å²) in [6, 6.07) is 5.90. The van der Waals surface area contributed by atoms with Gasteiger partial charge < -0.3 is 15.5 Å². The van der Waals surface area contributed by atoms with Crippen molar-refractivity contribution in [2.24, 2.45) is 0 Å². The predicted octanol–water partition coefficient (Wildman–Crippen LogP) is 3.82. The molecule has 2 fully saturated rings. The Morgan fingerprint density at radius 3 is 2.38 bits per heavy atom. The van der Waals surface area contributed by atoms with E-state index in [1.165, 1.54) is 12.8 Å². The van der Waals surface area contributed by atoms with Crippen LogP contribution < -0.4 is 15.5 Å². The molecule has 24 heavy (non-hydrogen) atoms. The van der Waals surface area contributed by atoms with Gasteiger partial charge in [-0.3, -0.25) is 0 Å². The highest BCUT2D eigenvalue weighted by atomic mass is 19.1. The third-order valence-corrected chi connectivity index (χ3v) is 5.30. The second-order valence-electron chi connectivity index (χ2n) is 8.81. The molecule has 0 radical (unpaired) electrons. The van der Waals surface area contributed by atoms with E-state index in [-0.39, 0.29) is 16.9 Å². The molecule has 3 rings (SSSR count). The lowest BCUT2D eigenvalue weighted by Crippen LogP contribution is -2.61. The van der Waals surface area contributed by atoms with E-state index >= 15 is 0 Å². The van der Waals surface area contributed by atoms with Crippen molar-refractivity contribution in [2.75, 3.05) is 18.0 Å². The Hall–Kier alpha value is -1.13. The van der Waals surface area contributed by atoms with Crippen molar-refractivity contribution in [1.82, 2.24) is 10.6 Å². The first kappa shape index (κ1) is 17.7. The minimum absolute atomic E-state index is 0.0839. The third kappa shape index (κ3) is 4.09. The standard InChI is InChI=1S/C20H32FN3/c1-19(2)12-15(13-20(3,4)23-19)22-14-16-17(21)8-7-9-18(16)24-10-5-6-11-24/h7-9,15,22-23H,5-6,10-14H2,1-4H3. The maximum absolute atomic E-state index is 14.5. The molecule has 0 bridgehead atoms. The van der Waals surface area contributed by atoms with Gasteiger partial charge in [0.1, 0.15) is 5.82 Å². The molecule has 0 amide bonds. The fraction of sp³-hybridized carbons (Fsp3) is 0.700. The number of piperidine rings is 1. The lowest BCUT2D eigenvalue weighted by Gasteiger charge is -2.46. The van der Waals surface area contributed by atoms with Crippen LogP contribution in [0.2, 0.25) is 0 Å². The molecule has 2 aliphatic heterocycles. The molecule has 1 aromatic rings. The van der Waals surface area contributed by atoms with Gasteiger partial charge in [0.05, 0.1) is 0 Å². The van der Waals surface area contributed by atoms with Crippen molar-refractivity contribution in [2.45, 2.75) is 77.0 Å². The van der Waals surface area contributed by atoms with E-state index in [9.17, 15) is 4.39 Å². The quantitative estimate of drug-likeness (QED) is 0.877. The topological polar surface area (TPSA) is 27.3 Å². The number of hydrogen-bond acceptors (Lipinski definition) is 3. The molecule has 134 valence electrons. The minimum Gasteiger partial charge on any atom is -0.371 e. The smallest absolute Gasteiger partial charge is 0.129 e. The molecule has 1 aromatic carbocycles. The molecule has 0 aliphatic carbocycles. The third-order valence-electron chi connectivity index (χ3n) is 5.30. The first-order chi connectivity index (χ1) is 11.3. The highest BCUT2D eigenvalue weighted by molar-refractivity contribution is 5.54. The van der Waals surface area contributed by atoms with Crippen molar-refractivity contribution in [3.63, 3.8) is 0 Å². The Bertz CT molecular complexity index is 560. The van der Waals surface area contributed by atoms with Gasteiger partial charge in [0.25, 0.3) is 0 Å². The van der Waals surface area contributed by atoms with Crippen molar-refractivity contribution in [1.29, 1.82) is 0 Å². The van der Waals surface area contributed by atoms with E-state index in [0.717, 1.165) is 37.2 Å². The Kier molecular flexibility index (Phi) is 4.89. The fourth-order valence-corrected chi connectivity index (χ4v) is 4.69. The summed E-state index contributed by atoms with van der Waals surface area (Å²) in [6.07, 6.45) is 4.54. The van der Waals surface area contributed by atoms with Crippen LogP contribution in [0.4, 0.5) is 10.1 Å². The summed E-state index contributed by atoms with van der Waals surface area (Å²) < 4.78 is 14.5. The van der Waals surface area contributed by atoms with Crippen LogP contribution in [-0.2, 0) is 6.54 Å². The Morgan fingerprint density at radius 1 is 1.12 bits per heavy atom. The van der Waals surface area contributed by atoms with Crippen LogP contribution in [0.1, 0.15) is 58.9 Å². The zero-order valence-electron chi connectivity index (χ0n) is 15.6. The molecule has 3 nitrogen and oxygen atoms in total. The normalized spacial score (nSPS) is 23.6. The predicted molar refractivity (Wildman–Crippen MR) is 99.0 cm³/mol. The first-order valence-corrected chi connectivity index (χ1v) is 9.31. The molecule has 2 N–H and O–H groups in total. The van der Waals surface area contributed by atoms with E-state index in [1.807, 2.05) is 6.07 Å². The summed E-state index contributed by atoms with van der Waals surface area (Å²) in [7, 11) is 0. The second kappa shape index (κ2) is 6.64. The molecular formula is C20H32FN3. The lowest BCUT2D eigenvalue weighted by molar-refractivity contribution is 0.145. The number of halogens is 1. The van der Waals surface area contributed by atoms with Crippen molar-refractivity contribution >= 4 is 5.69 Å². The highest BCUT2D eigenvalue weighted by Crippen LogP contribution is 2.30. The minimum atomic E-state index is -0.0839. The van der Waals surface area contributed by atoms with Crippen LogP contribution in [0.3, 0.4) is 0 Å². The highest BCUT2D eigenvalue weighted by Gasteiger charge is 2.37. The molecular weight excluding hydrogens is 301 g/mol. The van der Waals surface area contributed by atoms with Crippen molar-refractivity contribution in [3.8, 4) is 0 Å². The van der Waals surface area contributed by atoms with Crippen molar-refractivity contribution in [3.05, 3.63) is 29.6 Å². The van der Waals surface area contributed by atoms with Gasteiger partial charge in [-0.05, 0) is 65.5 Å². The monoisotopic (exact) mass is 333 g/mol. The summed E-state index contributed by atoms with van der Waals surface area (Å²) in [5, 5.41) is 7.35. The molecule has 0 unspecified atom stereocenters. The molecule has 2 heterocycles. The maximum atomic E-state index is 14.5. The molecule has 4 heteroatoms. The SMILES string of the molecule is CC1(C)CC(NCc2c(F)cccc2N2CCCC2)CC(C)(C)N1.